The fourth-order valence-corrected chi connectivity index (χ4v) is 13.6. The third-order valence-corrected chi connectivity index (χ3v) is 17.0. The molecule has 0 spiro atoms. The maximum absolute atomic E-state index is 7.33. The minimum atomic E-state index is 0.255. The molecule has 0 bridgehead atoms. The topological polar surface area (TPSA) is 32.8 Å². The normalized spacial score (nSPS) is 15.6. The monoisotopic (exact) mass is 950 g/mol. The molecule has 0 amide bonds. The van der Waals surface area contributed by atoms with E-state index in [1.54, 1.807) is 0 Å². The van der Waals surface area contributed by atoms with E-state index < -0.39 is 0 Å². The molecule has 0 atom stereocenters. The maximum Gasteiger partial charge on any atom is 0.159 e. The molecule has 2 heterocycles. The van der Waals surface area contributed by atoms with Gasteiger partial charge in [0.1, 0.15) is 11.3 Å². The smallest absolute Gasteiger partial charge is 0.159 e. The molecule has 9 aromatic carbocycles. The lowest BCUT2D eigenvalue weighted by Crippen LogP contribution is -2.13. The molecule has 4 heteroatoms. The van der Waals surface area contributed by atoms with Crippen molar-refractivity contribution in [1.82, 2.24) is 0 Å². The number of hydrogen-bond donors (Lipinski definition) is 0. The van der Waals surface area contributed by atoms with E-state index in [1.165, 1.54) is 122 Å². The van der Waals surface area contributed by atoms with Crippen LogP contribution in [0.1, 0.15) is 131 Å². The molecule has 3 aliphatic rings. The minimum absolute atomic E-state index is 0.255. The fourth-order valence-electron chi connectivity index (χ4n) is 13.6. The Balaban J connectivity index is 1.05. The van der Waals surface area contributed by atoms with Gasteiger partial charge in [-0.25, -0.2) is 0 Å². The van der Waals surface area contributed by atoms with Crippen LogP contribution in [-0.4, -0.2) is 0 Å². The van der Waals surface area contributed by atoms with Gasteiger partial charge in [-0.15, -0.1) is 0 Å². The number of fused-ring (bicyclic) bond motifs is 6. The molecule has 14 rings (SSSR count). The summed E-state index contributed by atoms with van der Waals surface area (Å²) in [5.74, 6) is 2.64. The molecule has 0 aliphatic heterocycles. The highest BCUT2D eigenvalue weighted by molar-refractivity contribution is 6.30. The van der Waals surface area contributed by atoms with Gasteiger partial charge in [-0.3, -0.25) is 0 Å². The van der Waals surface area contributed by atoms with Gasteiger partial charge in [0.15, 0.2) is 11.2 Å². The Labute approximate surface area is 428 Å². The molecular weight excluding hydrogens is 889 g/mol. The van der Waals surface area contributed by atoms with Crippen LogP contribution < -0.4 is 9.80 Å². The lowest BCUT2D eigenvalue weighted by Gasteiger charge is -2.31. The number of furan rings is 2. The van der Waals surface area contributed by atoms with Crippen molar-refractivity contribution in [3.8, 4) is 0 Å². The van der Waals surface area contributed by atoms with Gasteiger partial charge >= 0.3 is 0 Å². The van der Waals surface area contributed by atoms with E-state index in [-0.39, 0.29) is 11.8 Å². The highest BCUT2D eigenvalue weighted by Gasteiger charge is 2.32. The standard InChI is InChI=1S/C69H62N2O2/c1-42(2)58-40-62(70(46-24-7-5-8-25-46)60-34-18-32-54-52-29-16-15-28-48(44-20-11-12-21-44)66(52)72-68(54)60)56-38-36-51-59(43(3)4)41-63(57-39-37-50(58)64(56)65(51)57)71(47-26-9-6-10-27-47)61-35-19-33-55-53-31-17-30-49(45-22-13-14-23-45)67(53)73-69(55)61/h5-10,16-19,24-45H,11-15,20-23H2,1-4H3. The van der Waals surface area contributed by atoms with Gasteiger partial charge in [-0.2, -0.15) is 0 Å². The van der Waals surface area contributed by atoms with E-state index in [9.17, 15) is 0 Å². The number of rotatable bonds is 10. The Morgan fingerprint density at radius 1 is 0.438 bits per heavy atom. The summed E-state index contributed by atoms with van der Waals surface area (Å²) in [5, 5.41) is 11.2. The first-order chi connectivity index (χ1) is 35.9. The lowest BCUT2D eigenvalue weighted by molar-refractivity contribution is 0.576. The molecule has 0 radical (unpaired) electrons. The van der Waals surface area contributed by atoms with E-state index in [2.05, 4.69) is 207 Å². The van der Waals surface area contributed by atoms with Gasteiger partial charge in [0.25, 0.3) is 0 Å². The number of nitrogens with zero attached hydrogens (tertiary/aromatic N) is 2. The zero-order valence-corrected chi connectivity index (χ0v) is 42.6. The summed E-state index contributed by atoms with van der Waals surface area (Å²) >= 11 is 0. The van der Waals surface area contributed by atoms with Gasteiger partial charge in [0.2, 0.25) is 0 Å². The molecule has 3 aliphatic carbocycles. The summed E-state index contributed by atoms with van der Waals surface area (Å²) < 4.78 is 14.6. The molecule has 4 nitrogen and oxygen atoms in total. The quantitative estimate of drug-likeness (QED) is 0.128. The zero-order valence-electron chi connectivity index (χ0n) is 42.6. The maximum atomic E-state index is 7.33. The van der Waals surface area contributed by atoms with Crippen LogP contribution in [0, 0.1) is 5.92 Å². The molecule has 0 saturated heterocycles. The Bertz CT molecular complexity index is 3970. The van der Waals surface area contributed by atoms with Gasteiger partial charge in [0, 0.05) is 43.9 Å². The average Bonchev–Trinajstić information content (AvgIpc) is 4.27. The number of anilines is 6. The first kappa shape index (κ1) is 44.2. The number of allylic oxidation sites excluding steroid dienone is 3. The van der Waals surface area contributed by atoms with E-state index >= 15 is 0 Å². The predicted octanol–water partition coefficient (Wildman–Crippen LogP) is 21.1. The van der Waals surface area contributed by atoms with Crippen molar-refractivity contribution >= 4 is 111 Å². The predicted molar refractivity (Wildman–Crippen MR) is 310 cm³/mol. The summed E-state index contributed by atoms with van der Waals surface area (Å²) in [5.41, 5.74) is 16.1. The van der Waals surface area contributed by atoms with Crippen LogP contribution in [0.15, 0.2) is 173 Å². The van der Waals surface area contributed by atoms with E-state index in [1.807, 2.05) is 0 Å². The summed E-state index contributed by atoms with van der Waals surface area (Å²) in [6.45, 7) is 9.40. The Hall–Kier alpha value is -7.56. The second-order valence-electron chi connectivity index (χ2n) is 21.9. The summed E-state index contributed by atoms with van der Waals surface area (Å²) in [7, 11) is 0. The highest BCUT2D eigenvalue weighted by Crippen LogP contribution is 2.54. The third-order valence-electron chi connectivity index (χ3n) is 17.0. The van der Waals surface area contributed by atoms with Gasteiger partial charge in [-0.1, -0.05) is 175 Å². The Morgan fingerprint density at radius 3 is 1.49 bits per heavy atom. The van der Waals surface area contributed by atoms with Crippen molar-refractivity contribution in [2.75, 3.05) is 9.80 Å². The molecular formula is C69H62N2O2. The molecule has 73 heavy (non-hydrogen) atoms. The molecule has 0 N–H and O–H groups in total. The number of benzene rings is 9. The van der Waals surface area contributed by atoms with Crippen LogP contribution in [0.4, 0.5) is 34.1 Å². The van der Waals surface area contributed by atoms with Crippen LogP contribution in [0.2, 0.25) is 0 Å². The summed E-state index contributed by atoms with van der Waals surface area (Å²) in [4.78, 5) is 4.98. The lowest BCUT2D eigenvalue weighted by atomic mass is 9.84. The zero-order chi connectivity index (χ0) is 48.9. The molecule has 2 aromatic heterocycles. The largest absolute Gasteiger partial charge is 0.454 e. The number of para-hydroxylation sites is 5. The van der Waals surface area contributed by atoms with Crippen LogP contribution in [-0.2, 0) is 0 Å². The van der Waals surface area contributed by atoms with Gasteiger partial charge in [0.05, 0.1) is 22.7 Å². The van der Waals surface area contributed by atoms with Crippen molar-refractivity contribution < 1.29 is 8.83 Å². The van der Waals surface area contributed by atoms with Crippen molar-refractivity contribution in [1.29, 1.82) is 0 Å². The van der Waals surface area contributed by atoms with Crippen molar-refractivity contribution in [2.24, 2.45) is 5.92 Å². The van der Waals surface area contributed by atoms with Crippen molar-refractivity contribution in [3.63, 3.8) is 0 Å². The van der Waals surface area contributed by atoms with Crippen LogP contribution in [0.25, 0.3) is 76.9 Å². The minimum Gasteiger partial charge on any atom is -0.454 e. The first-order valence-corrected chi connectivity index (χ1v) is 27.3. The van der Waals surface area contributed by atoms with Crippen LogP contribution in [0.3, 0.4) is 0 Å². The van der Waals surface area contributed by atoms with Gasteiger partial charge < -0.3 is 18.6 Å². The average molecular weight is 951 g/mol. The second-order valence-corrected chi connectivity index (χ2v) is 21.9. The van der Waals surface area contributed by atoms with E-state index in [0.29, 0.717) is 11.8 Å². The molecule has 360 valence electrons. The Morgan fingerprint density at radius 2 is 0.932 bits per heavy atom. The second kappa shape index (κ2) is 17.6. The third kappa shape index (κ3) is 7.00. The SMILES string of the molecule is CC(C)c1cc(N(c2ccccc2)c2cccc3c4c(oc23)C(C2CCCC2)=CCC=C4)c2ccc3c(C(C)C)cc(N(c4ccccc4)c4cccc5c4oc4c(C6CCCC6)cccc45)c4ccc1c2c34. The van der Waals surface area contributed by atoms with Crippen molar-refractivity contribution in [3.05, 3.63) is 192 Å². The Kier molecular flexibility index (Phi) is 10.6. The van der Waals surface area contributed by atoms with Crippen LogP contribution in [0.5, 0.6) is 0 Å². The summed E-state index contributed by atoms with van der Waals surface area (Å²) in [6.07, 6.45) is 18.0. The van der Waals surface area contributed by atoms with E-state index in [4.69, 9.17) is 8.83 Å². The highest BCUT2D eigenvalue weighted by atomic mass is 16.3. The summed E-state index contributed by atoms with van der Waals surface area (Å²) in [6, 6.07) is 56.9. The van der Waals surface area contributed by atoms with E-state index in [0.717, 1.165) is 68.4 Å². The van der Waals surface area contributed by atoms with Gasteiger partial charge in [-0.05, 0) is 148 Å². The molecule has 2 saturated carbocycles. The molecule has 11 aromatic rings. The molecule has 0 unspecified atom stereocenters. The van der Waals surface area contributed by atoms with Crippen LogP contribution >= 0.6 is 0 Å². The molecule has 2 fully saturated rings. The number of hydrogen-bond acceptors (Lipinski definition) is 4. The fraction of sp³-hybridized carbons (Fsp3) is 0.246. The first-order valence-electron chi connectivity index (χ1n) is 27.3. The van der Waals surface area contributed by atoms with Crippen molar-refractivity contribution in [2.45, 2.75) is 103 Å².